The first-order chi connectivity index (χ1) is 11.9. The van der Waals surface area contributed by atoms with Gasteiger partial charge in [-0.05, 0) is 29.9 Å². The third-order valence-electron chi connectivity index (χ3n) is 3.90. The highest BCUT2D eigenvalue weighted by Gasteiger charge is 2.13. The van der Waals surface area contributed by atoms with Crippen LogP contribution in [0.15, 0.2) is 53.0 Å². The van der Waals surface area contributed by atoms with Crippen LogP contribution in [0.25, 0.3) is 0 Å². The van der Waals surface area contributed by atoms with E-state index in [9.17, 15) is 0 Å². The van der Waals surface area contributed by atoms with E-state index in [0.717, 1.165) is 36.1 Å². The predicted octanol–water partition coefficient (Wildman–Crippen LogP) is 5.07. The highest BCUT2D eigenvalue weighted by molar-refractivity contribution is 7.99. The van der Waals surface area contributed by atoms with E-state index in [-0.39, 0.29) is 0 Å². The van der Waals surface area contributed by atoms with Crippen LogP contribution in [0.3, 0.4) is 0 Å². The molecule has 0 atom stereocenters. The van der Waals surface area contributed by atoms with Crippen LogP contribution in [-0.4, -0.2) is 20.5 Å². The maximum Gasteiger partial charge on any atom is 0.191 e. The van der Waals surface area contributed by atoms with Gasteiger partial charge >= 0.3 is 0 Å². The van der Waals surface area contributed by atoms with Crippen LogP contribution in [0.4, 0.5) is 0 Å². The minimum Gasteiger partial charge on any atom is -0.305 e. The second kappa shape index (κ2) is 9.04. The molecule has 0 saturated carbocycles. The summed E-state index contributed by atoms with van der Waals surface area (Å²) in [5.41, 5.74) is 1.36. The molecule has 0 bridgehead atoms. The fourth-order valence-corrected chi connectivity index (χ4v) is 4.31. The summed E-state index contributed by atoms with van der Waals surface area (Å²) in [5, 5.41) is 12.1. The van der Waals surface area contributed by atoms with Crippen molar-refractivity contribution in [2.75, 3.05) is 5.75 Å². The zero-order valence-corrected chi connectivity index (χ0v) is 15.7. The smallest absolute Gasteiger partial charge is 0.191 e. The number of aromatic nitrogens is 3. The third kappa shape index (κ3) is 4.71. The van der Waals surface area contributed by atoms with Gasteiger partial charge in [0, 0.05) is 23.6 Å². The van der Waals surface area contributed by atoms with Crippen molar-refractivity contribution < 1.29 is 0 Å². The average molecular weight is 358 g/mol. The Morgan fingerprint density at radius 2 is 1.96 bits per heavy atom. The topological polar surface area (TPSA) is 30.7 Å². The molecule has 0 amide bonds. The molecule has 0 N–H and O–H groups in total. The molecule has 0 spiro atoms. The number of nitrogens with zero attached hydrogens (tertiary/aromatic N) is 3. The third-order valence-corrected chi connectivity index (χ3v) is 5.83. The lowest BCUT2D eigenvalue weighted by Crippen LogP contribution is -2.08. The van der Waals surface area contributed by atoms with E-state index in [4.69, 9.17) is 0 Å². The van der Waals surface area contributed by atoms with E-state index in [1.165, 1.54) is 23.3 Å². The van der Waals surface area contributed by atoms with Crippen molar-refractivity contribution in [2.45, 2.75) is 44.3 Å². The van der Waals surface area contributed by atoms with Gasteiger partial charge < -0.3 is 4.57 Å². The number of aryl methyl sites for hydroxylation is 1. The molecule has 1 aromatic carbocycles. The summed E-state index contributed by atoms with van der Waals surface area (Å²) in [6.45, 7) is 3.16. The van der Waals surface area contributed by atoms with Crippen molar-refractivity contribution in [3.8, 4) is 0 Å². The Hall–Kier alpha value is -1.59. The Bertz CT molecular complexity index is 720. The largest absolute Gasteiger partial charge is 0.305 e. The van der Waals surface area contributed by atoms with Crippen LogP contribution in [0, 0.1) is 0 Å². The standard InChI is InChI=1S/C19H23N3S2/c1-2-3-13-24-19-21-20-18(15-17-10-7-14-23-17)22(19)12-11-16-8-5-4-6-9-16/h4-10,14H,2-3,11-13,15H2,1H3. The minimum atomic E-state index is 0.869. The summed E-state index contributed by atoms with van der Waals surface area (Å²) in [7, 11) is 0. The molecular formula is C19H23N3S2. The van der Waals surface area contributed by atoms with Gasteiger partial charge in [-0.1, -0.05) is 61.5 Å². The number of hydrogen-bond acceptors (Lipinski definition) is 4. The van der Waals surface area contributed by atoms with E-state index in [1.54, 1.807) is 11.3 Å². The summed E-state index contributed by atoms with van der Waals surface area (Å²) < 4.78 is 2.31. The molecule has 3 rings (SSSR count). The average Bonchev–Trinajstić information content (AvgIpc) is 3.25. The van der Waals surface area contributed by atoms with Crippen LogP contribution in [-0.2, 0) is 19.4 Å². The maximum absolute atomic E-state index is 4.48. The molecule has 3 nitrogen and oxygen atoms in total. The summed E-state index contributed by atoms with van der Waals surface area (Å²) in [6.07, 6.45) is 4.31. The number of thioether (sulfide) groups is 1. The molecule has 126 valence electrons. The van der Waals surface area contributed by atoms with E-state index in [1.807, 2.05) is 11.8 Å². The van der Waals surface area contributed by atoms with Crippen LogP contribution in [0.1, 0.15) is 36.0 Å². The number of hydrogen-bond donors (Lipinski definition) is 0. The van der Waals surface area contributed by atoms with Crippen LogP contribution >= 0.6 is 23.1 Å². The number of unbranched alkanes of at least 4 members (excludes halogenated alkanes) is 1. The van der Waals surface area contributed by atoms with E-state index in [0.29, 0.717) is 0 Å². The number of thiophene rings is 1. The first-order valence-electron chi connectivity index (χ1n) is 8.48. The summed E-state index contributed by atoms with van der Waals surface area (Å²) in [5.74, 6) is 2.19. The van der Waals surface area contributed by atoms with Gasteiger partial charge in [-0.3, -0.25) is 0 Å². The van der Waals surface area contributed by atoms with Crippen molar-refractivity contribution in [3.63, 3.8) is 0 Å². The second-order valence-corrected chi connectivity index (χ2v) is 7.84. The van der Waals surface area contributed by atoms with Crippen LogP contribution in [0.5, 0.6) is 0 Å². The monoisotopic (exact) mass is 357 g/mol. The van der Waals surface area contributed by atoms with Gasteiger partial charge in [-0.25, -0.2) is 0 Å². The van der Waals surface area contributed by atoms with Crippen LogP contribution in [0.2, 0.25) is 0 Å². The molecule has 5 heteroatoms. The summed E-state index contributed by atoms with van der Waals surface area (Å²) in [4.78, 5) is 1.34. The molecule has 0 saturated heterocycles. The SMILES string of the molecule is CCCCSc1nnc(Cc2cccs2)n1CCc1ccccc1. The molecule has 0 aliphatic carbocycles. The van der Waals surface area contributed by atoms with Crippen molar-refractivity contribution in [3.05, 3.63) is 64.1 Å². The fraction of sp³-hybridized carbons (Fsp3) is 0.368. The quantitative estimate of drug-likeness (QED) is 0.396. The highest BCUT2D eigenvalue weighted by Crippen LogP contribution is 2.22. The Morgan fingerprint density at radius 3 is 2.71 bits per heavy atom. The molecule has 0 radical (unpaired) electrons. The Kier molecular flexibility index (Phi) is 6.49. The van der Waals surface area contributed by atoms with Gasteiger partial charge in [0.25, 0.3) is 0 Å². The first kappa shape index (κ1) is 17.2. The highest BCUT2D eigenvalue weighted by atomic mass is 32.2. The van der Waals surface area contributed by atoms with Gasteiger partial charge in [0.05, 0.1) is 0 Å². The lowest BCUT2D eigenvalue weighted by molar-refractivity contribution is 0.610. The molecule has 3 aromatic rings. The molecule has 2 heterocycles. The van der Waals surface area contributed by atoms with E-state index >= 15 is 0 Å². The van der Waals surface area contributed by atoms with Gasteiger partial charge in [0.1, 0.15) is 5.82 Å². The molecule has 0 fully saturated rings. The molecule has 0 unspecified atom stereocenters. The van der Waals surface area contributed by atoms with Gasteiger partial charge in [0.15, 0.2) is 5.16 Å². The number of benzene rings is 1. The van der Waals surface area contributed by atoms with E-state index < -0.39 is 0 Å². The Morgan fingerprint density at radius 1 is 1.08 bits per heavy atom. The molecule has 2 aromatic heterocycles. The summed E-state index contributed by atoms with van der Waals surface area (Å²) >= 11 is 3.62. The van der Waals surface area contributed by atoms with Crippen molar-refractivity contribution in [1.29, 1.82) is 0 Å². The lowest BCUT2D eigenvalue weighted by Gasteiger charge is -2.10. The predicted molar refractivity (Wildman–Crippen MR) is 103 cm³/mol. The first-order valence-corrected chi connectivity index (χ1v) is 10.3. The Balaban J connectivity index is 1.74. The molecule has 0 aliphatic heterocycles. The molecular weight excluding hydrogens is 334 g/mol. The lowest BCUT2D eigenvalue weighted by atomic mass is 10.1. The zero-order valence-electron chi connectivity index (χ0n) is 14.0. The van der Waals surface area contributed by atoms with Gasteiger partial charge in [0.2, 0.25) is 0 Å². The van der Waals surface area contributed by atoms with Gasteiger partial charge in [-0.2, -0.15) is 0 Å². The van der Waals surface area contributed by atoms with Gasteiger partial charge in [-0.15, -0.1) is 21.5 Å². The molecule has 24 heavy (non-hydrogen) atoms. The molecule has 0 aliphatic rings. The zero-order chi connectivity index (χ0) is 16.6. The second-order valence-electron chi connectivity index (χ2n) is 5.74. The Labute approximate surface area is 152 Å². The summed E-state index contributed by atoms with van der Waals surface area (Å²) in [6, 6.07) is 14.9. The van der Waals surface area contributed by atoms with Crippen molar-refractivity contribution in [2.24, 2.45) is 0 Å². The fourth-order valence-electron chi connectivity index (χ4n) is 2.54. The van der Waals surface area contributed by atoms with E-state index in [2.05, 4.69) is 69.5 Å². The van der Waals surface area contributed by atoms with Crippen molar-refractivity contribution >= 4 is 23.1 Å². The van der Waals surface area contributed by atoms with Crippen LogP contribution < -0.4 is 0 Å². The normalized spacial score (nSPS) is 11.0. The number of rotatable bonds is 9. The minimum absolute atomic E-state index is 0.869. The maximum atomic E-state index is 4.48. The van der Waals surface area contributed by atoms with Crippen molar-refractivity contribution in [1.82, 2.24) is 14.8 Å².